The smallest absolute Gasteiger partial charge is 0.225 e. The predicted molar refractivity (Wildman–Crippen MR) is 93.9 cm³/mol. The van der Waals surface area contributed by atoms with Crippen LogP contribution in [0.2, 0.25) is 0 Å². The van der Waals surface area contributed by atoms with E-state index in [0.717, 1.165) is 21.8 Å². The molecule has 24 heavy (non-hydrogen) atoms. The summed E-state index contributed by atoms with van der Waals surface area (Å²) >= 11 is 1.62. The molecule has 1 fully saturated rings. The van der Waals surface area contributed by atoms with Crippen LogP contribution < -0.4 is 10.1 Å². The molecule has 2 heterocycles. The predicted octanol–water partition coefficient (Wildman–Crippen LogP) is 2.52. The summed E-state index contributed by atoms with van der Waals surface area (Å²) < 4.78 is 5.17. The van der Waals surface area contributed by atoms with Crippen molar-refractivity contribution in [1.82, 2.24) is 10.2 Å². The number of hydrogen-bond acceptors (Lipinski definition) is 4. The molecule has 0 radical (unpaired) electrons. The molecule has 0 unspecified atom stereocenters. The highest BCUT2D eigenvalue weighted by molar-refractivity contribution is 7.10. The third-order valence-corrected chi connectivity index (χ3v) is 5.16. The van der Waals surface area contributed by atoms with Crippen LogP contribution in [0.15, 0.2) is 35.7 Å². The lowest BCUT2D eigenvalue weighted by Crippen LogP contribution is -2.31. The molecule has 6 heteroatoms. The van der Waals surface area contributed by atoms with E-state index >= 15 is 0 Å². The molecule has 3 rings (SSSR count). The molecule has 2 aromatic rings. The number of methoxy groups -OCH3 is 1. The average Bonchev–Trinajstić information content (AvgIpc) is 3.20. The van der Waals surface area contributed by atoms with Crippen LogP contribution in [0, 0.1) is 5.92 Å². The van der Waals surface area contributed by atoms with Gasteiger partial charge in [-0.25, -0.2) is 0 Å². The lowest BCUT2D eigenvalue weighted by molar-refractivity contribution is -0.128. The summed E-state index contributed by atoms with van der Waals surface area (Å²) in [6.07, 6.45) is 0.309. The van der Waals surface area contributed by atoms with Gasteiger partial charge in [0.2, 0.25) is 11.8 Å². The molecular weight excluding hydrogens is 324 g/mol. The normalized spacial score (nSPS) is 17.2. The molecule has 1 atom stereocenters. The highest BCUT2D eigenvalue weighted by Gasteiger charge is 2.31. The Kier molecular flexibility index (Phi) is 4.85. The van der Waals surface area contributed by atoms with Gasteiger partial charge in [0.05, 0.1) is 19.6 Å². The van der Waals surface area contributed by atoms with Crippen molar-refractivity contribution in [2.24, 2.45) is 5.92 Å². The van der Waals surface area contributed by atoms with Gasteiger partial charge in [0.15, 0.2) is 0 Å². The summed E-state index contributed by atoms with van der Waals surface area (Å²) in [5.41, 5.74) is 2.25. The molecule has 5 nitrogen and oxygen atoms in total. The van der Waals surface area contributed by atoms with E-state index in [2.05, 4.69) is 16.8 Å². The molecule has 2 amide bonds. The SMILES string of the molecule is COc1ccc(-c2csc(CNC(=O)[C@H]3CC(=O)N(C)C3)c2)cc1. The molecule has 0 spiro atoms. The van der Waals surface area contributed by atoms with Gasteiger partial charge in [0, 0.05) is 24.9 Å². The molecular formula is C18H20N2O3S. The van der Waals surface area contributed by atoms with Crippen molar-refractivity contribution in [3.63, 3.8) is 0 Å². The Morgan fingerprint density at radius 2 is 2.08 bits per heavy atom. The Morgan fingerprint density at radius 3 is 2.71 bits per heavy atom. The Hall–Kier alpha value is -2.34. The van der Waals surface area contributed by atoms with Crippen molar-refractivity contribution in [1.29, 1.82) is 0 Å². The van der Waals surface area contributed by atoms with Crippen LogP contribution in [0.3, 0.4) is 0 Å². The first-order chi connectivity index (χ1) is 11.6. The van der Waals surface area contributed by atoms with Gasteiger partial charge in [-0.2, -0.15) is 0 Å². The first-order valence-electron chi connectivity index (χ1n) is 7.80. The van der Waals surface area contributed by atoms with Crippen LogP contribution in [0.5, 0.6) is 5.75 Å². The number of nitrogens with one attached hydrogen (secondary N) is 1. The maximum Gasteiger partial charge on any atom is 0.225 e. The number of ether oxygens (including phenoxy) is 1. The first kappa shape index (κ1) is 16.5. The number of hydrogen-bond donors (Lipinski definition) is 1. The summed E-state index contributed by atoms with van der Waals surface area (Å²) in [5, 5.41) is 5.02. The monoisotopic (exact) mass is 344 g/mol. The third-order valence-electron chi connectivity index (χ3n) is 4.23. The van der Waals surface area contributed by atoms with E-state index in [1.54, 1.807) is 30.4 Å². The number of carbonyl (C=O) groups excluding carboxylic acids is 2. The third kappa shape index (κ3) is 3.59. The van der Waals surface area contributed by atoms with E-state index in [0.29, 0.717) is 19.5 Å². The second-order valence-electron chi connectivity index (χ2n) is 5.92. The van der Waals surface area contributed by atoms with E-state index in [1.807, 2.05) is 24.3 Å². The topological polar surface area (TPSA) is 58.6 Å². The van der Waals surface area contributed by atoms with Gasteiger partial charge in [0.1, 0.15) is 5.75 Å². The molecule has 0 bridgehead atoms. The molecule has 1 aromatic carbocycles. The van der Waals surface area contributed by atoms with Crippen LogP contribution in [-0.4, -0.2) is 37.4 Å². The Bertz CT molecular complexity index is 739. The highest BCUT2D eigenvalue weighted by Crippen LogP contribution is 2.27. The summed E-state index contributed by atoms with van der Waals surface area (Å²) in [7, 11) is 3.38. The zero-order valence-corrected chi connectivity index (χ0v) is 14.6. The summed E-state index contributed by atoms with van der Waals surface area (Å²) in [6.45, 7) is 1.00. The molecule has 1 N–H and O–H groups in total. The van der Waals surface area contributed by atoms with Gasteiger partial charge in [0.25, 0.3) is 0 Å². The van der Waals surface area contributed by atoms with Gasteiger partial charge in [-0.05, 0) is 34.7 Å². The second-order valence-corrected chi connectivity index (χ2v) is 6.92. The van der Waals surface area contributed by atoms with E-state index in [9.17, 15) is 9.59 Å². The maximum atomic E-state index is 12.2. The van der Waals surface area contributed by atoms with Crippen molar-refractivity contribution in [3.05, 3.63) is 40.6 Å². The zero-order chi connectivity index (χ0) is 17.1. The zero-order valence-electron chi connectivity index (χ0n) is 13.7. The molecule has 1 aliphatic heterocycles. The van der Waals surface area contributed by atoms with E-state index in [-0.39, 0.29) is 17.7 Å². The first-order valence-corrected chi connectivity index (χ1v) is 8.68. The minimum Gasteiger partial charge on any atom is -0.497 e. The average molecular weight is 344 g/mol. The number of nitrogens with zero attached hydrogens (tertiary/aromatic N) is 1. The van der Waals surface area contributed by atoms with Gasteiger partial charge < -0.3 is 15.0 Å². The highest BCUT2D eigenvalue weighted by atomic mass is 32.1. The van der Waals surface area contributed by atoms with Crippen LogP contribution in [0.4, 0.5) is 0 Å². The van der Waals surface area contributed by atoms with Gasteiger partial charge in [-0.1, -0.05) is 12.1 Å². The van der Waals surface area contributed by atoms with Crippen LogP contribution in [0.1, 0.15) is 11.3 Å². The number of rotatable bonds is 5. The van der Waals surface area contributed by atoms with E-state index in [1.165, 1.54) is 0 Å². The lowest BCUT2D eigenvalue weighted by Gasteiger charge is -2.10. The van der Waals surface area contributed by atoms with Crippen LogP contribution in [-0.2, 0) is 16.1 Å². The number of amides is 2. The Morgan fingerprint density at radius 1 is 1.33 bits per heavy atom. The minimum atomic E-state index is -0.233. The van der Waals surface area contributed by atoms with Crippen molar-refractivity contribution in [2.75, 3.05) is 20.7 Å². The van der Waals surface area contributed by atoms with E-state index < -0.39 is 0 Å². The minimum absolute atomic E-state index is 0.0352. The Balaban J connectivity index is 1.58. The van der Waals surface area contributed by atoms with Crippen molar-refractivity contribution < 1.29 is 14.3 Å². The standard InChI is InChI=1S/C18H20N2O3S/c1-20-10-13(8-17(20)21)18(22)19-9-16-7-14(11-24-16)12-3-5-15(23-2)6-4-12/h3-7,11,13H,8-10H2,1-2H3,(H,19,22)/t13-/m0/s1. The van der Waals surface area contributed by atoms with E-state index in [4.69, 9.17) is 4.74 Å². The van der Waals surface area contributed by atoms with Crippen molar-refractivity contribution in [2.45, 2.75) is 13.0 Å². The van der Waals surface area contributed by atoms with Crippen LogP contribution in [0.25, 0.3) is 11.1 Å². The molecule has 126 valence electrons. The summed E-state index contributed by atoms with van der Waals surface area (Å²) in [6, 6.07) is 9.98. The van der Waals surface area contributed by atoms with Crippen LogP contribution >= 0.6 is 11.3 Å². The van der Waals surface area contributed by atoms with Gasteiger partial charge >= 0.3 is 0 Å². The molecule has 1 aromatic heterocycles. The fraction of sp³-hybridized carbons (Fsp3) is 0.333. The maximum absolute atomic E-state index is 12.2. The quantitative estimate of drug-likeness (QED) is 0.907. The molecule has 0 aliphatic carbocycles. The Labute approximate surface area is 145 Å². The molecule has 1 saturated heterocycles. The second kappa shape index (κ2) is 7.05. The summed E-state index contributed by atoms with van der Waals surface area (Å²) in [5.74, 6) is 0.584. The fourth-order valence-electron chi connectivity index (χ4n) is 2.77. The van der Waals surface area contributed by atoms with Gasteiger partial charge in [-0.15, -0.1) is 11.3 Å². The molecule has 0 saturated carbocycles. The fourth-order valence-corrected chi connectivity index (χ4v) is 3.60. The number of thiophene rings is 1. The number of likely N-dealkylation sites (tertiary alicyclic amines) is 1. The summed E-state index contributed by atoms with van der Waals surface area (Å²) in [4.78, 5) is 26.4. The number of benzene rings is 1. The van der Waals surface area contributed by atoms with Gasteiger partial charge in [-0.3, -0.25) is 9.59 Å². The largest absolute Gasteiger partial charge is 0.497 e. The number of carbonyl (C=O) groups is 2. The lowest BCUT2D eigenvalue weighted by atomic mass is 10.1. The van der Waals surface area contributed by atoms with Crippen molar-refractivity contribution >= 4 is 23.2 Å². The van der Waals surface area contributed by atoms with Crippen molar-refractivity contribution in [3.8, 4) is 16.9 Å². The molecule has 1 aliphatic rings.